The van der Waals surface area contributed by atoms with Crippen molar-refractivity contribution in [3.63, 3.8) is 0 Å². The highest BCUT2D eigenvalue weighted by Crippen LogP contribution is 2.36. The molecule has 0 bridgehead atoms. The SMILES string of the molecule is CCC(Nc1ncnc2nc[nH]c12)c1cc2cccc(C)c2c(=O)n1-c1ccccc1C.CCC(Nc1ncnc2nc[nH]c12)c1cc2cccc(C)c2c(=O)n1C1CCC1. The third-order valence-electron chi connectivity index (χ3n) is 12.0. The molecule has 1 aliphatic carbocycles. The number of para-hydroxylation sites is 1. The summed E-state index contributed by atoms with van der Waals surface area (Å²) in [6.45, 7) is 10.2. The van der Waals surface area contributed by atoms with Crippen LogP contribution in [0, 0.1) is 20.8 Å². The fourth-order valence-electron chi connectivity index (χ4n) is 8.58. The number of nitrogens with zero attached hydrogens (tertiary/aromatic N) is 8. The van der Waals surface area contributed by atoms with Gasteiger partial charge < -0.3 is 25.2 Å². The molecule has 1 aliphatic rings. The molecule has 0 saturated heterocycles. The molecule has 0 radical (unpaired) electrons. The van der Waals surface area contributed by atoms with Gasteiger partial charge in [0.25, 0.3) is 11.1 Å². The summed E-state index contributed by atoms with van der Waals surface area (Å²) < 4.78 is 3.88. The van der Waals surface area contributed by atoms with E-state index in [1.54, 1.807) is 12.7 Å². The van der Waals surface area contributed by atoms with Crippen LogP contribution >= 0.6 is 0 Å². The van der Waals surface area contributed by atoms with Crippen molar-refractivity contribution in [3.05, 3.63) is 147 Å². The minimum absolute atomic E-state index is 0.0143. The molecule has 6 aromatic heterocycles. The van der Waals surface area contributed by atoms with Crippen LogP contribution in [0.3, 0.4) is 0 Å². The lowest BCUT2D eigenvalue weighted by Gasteiger charge is -2.33. The van der Waals surface area contributed by atoms with Crippen molar-refractivity contribution in [3.8, 4) is 5.69 Å². The Morgan fingerprint density at radius 3 is 1.70 bits per heavy atom. The number of H-pyrrole nitrogens is 2. The molecule has 61 heavy (non-hydrogen) atoms. The van der Waals surface area contributed by atoms with Crippen LogP contribution in [0.15, 0.2) is 108 Å². The lowest BCUT2D eigenvalue weighted by atomic mass is 9.91. The van der Waals surface area contributed by atoms with E-state index in [4.69, 9.17) is 0 Å². The third kappa shape index (κ3) is 7.17. The highest BCUT2D eigenvalue weighted by atomic mass is 16.1. The Hall–Kier alpha value is -7.22. The molecule has 3 aromatic carbocycles. The summed E-state index contributed by atoms with van der Waals surface area (Å²) in [4.78, 5) is 59.3. The topological polar surface area (TPSA) is 177 Å². The van der Waals surface area contributed by atoms with Gasteiger partial charge in [-0.3, -0.25) is 14.2 Å². The zero-order chi connectivity index (χ0) is 42.2. The first-order chi connectivity index (χ1) is 29.7. The van der Waals surface area contributed by atoms with Gasteiger partial charge in [0.05, 0.1) is 41.2 Å². The second-order valence-corrected chi connectivity index (χ2v) is 15.8. The molecule has 10 rings (SSSR count). The lowest BCUT2D eigenvalue weighted by molar-refractivity contribution is 0.297. The summed E-state index contributed by atoms with van der Waals surface area (Å²) in [5, 5.41) is 10.6. The maximum absolute atomic E-state index is 13.9. The van der Waals surface area contributed by atoms with Crippen molar-refractivity contribution in [1.29, 1.82) is 0 Å². The number of fused-ring (bicyclic) bond motifs is 4. The summed E-state index contributed by atoms with van der Waals surface area (Å²) in [5.74, 6) is 1.36. The van der Waals surface area contributed by atoms with Gasteiger partial charge in [0.15, 0.2) is 22.9 Å². The number of hydrogen-bond acceptors (Lipinski definition) is 10. The van der Waals surface area contributed by atoms with E-state index in [9.17, 15) is 9.59 Å². The van der Waals surface area contributed by atoms with Gasteiger partial charge in [-0.05, 0) is 98.5 Å². The largest absolute Gasteiger partial charge is 0.360 e. The fraction of sp³-hybridized carbons (Fsp3) is 0.277. The molecule has 0 amide bonds. The Balaban J connectivity index is 0.000000157. The molecule has 308 valence electrons. The average molecular weight is 813 g/mol. The lowest BCUT2D eigenvalue weighted by Crippen LogP contribution is -2.34. The smallest absolute Gasteiger partial charge is 0.263 e. The second-order valence-electron chi connectivity index (χ2n) is 15.8. The van der Waals surface area contributed by atoms with Crippen molar-refractivity contribution in [2.24, 2.45) is 0 Å². The van der Waals surface area contributed by atoms with Gasteiger partial charge in [0.1, 0.15) is 23.7 Å². The normalized spacial score (nSPS) is 13.9. The van der Waals surface area contributed by atoms with Crippen LogP contribution in [-0.4, -0.2) is 49.0 Å². The van der Waals surface area contributed by atoms with Crippen molar-refractivity contribution < 1.29 is 0 Å². The van der Waals surface area contributed by atoms with Gasteiger partial charge in [0, 0.05) is 17.4 Å². The summed E-state index contributed by atoms with van der Waals surface area (Å²) in [6, 6.07) is 24.4. The van der Waals surface area contributed by atoms with Crippen LogP contribution in [0.1, 0.15) is 92.2 Å². The minimum Gasteiger partial charge on any atom is -0.360 e. The van der Waals surface area contributed by atoms with E-state index < -0.39 is 0 Å². The predicted molar refractivity (Wildman–Crippen MR) is 242 cm³/mol. The van der Waals surface area contributed by atoms with Crippen molar-refractivity contribution in [2.45, 2.75) is 84.8 Å². The average Bonchev–Trinajstić information content (AvgIpc) is 3.94. The van der Waals surface area contributed by atoms with Crippen molar-refractivity contribution in [1.82, 2.24) is 49.0 Å². The van der Waals surface area contributed by atoms with Crippen LogP contribution < -0.4 is 21.8 Å². The van der Waals surface area contributed by atoms with Gasteiger partial charge in [0.2, 0.25) is 0 Å². The fourth-order valence-corrected chi connectivity index (χ4v) is 8.58. The molecule has 2 atom stereocenters. The van der Waals surface area contributed by atoms with Crippen molar-refractivity contribution in [2.75, 3.05) is 10.6 Å². The van der Waals surface area contributed by atoms with E-state index in [-0.39, 0.29) is 29.2 Å². The number of benzene rings is 3. The highest BCUT2D eigenvalue weighted by molar-refractivity contribution is 5.87. The van der Waals surface area contributed by atoms with Gasteiger partial charge in [-0.15, -0.1) is 0 Å². The minimum atomic E-state index is -0.159. The Morgan fingerprint density at radius 1 is 0.639 bits per heavy atom. The number of imidazole rings is 2. The van der Waals surface area contributed by atoms with Crippen LogP contribution in [0.25, 0.3) is 49.6 Å². The van der Waals surface area contributed by atoms with Crippen LogP contribution in [0.2, 0.25) is 0 Å². The molecule has 1 fully saturated rings. The molecule has 0 aliphatic heterocycles. The first kappa shape index (κ1) is 39.3. The summed E-state index contributed by atoms with van der Waals surface area (Å²) in [7, 11) is 0. The molecule has 1 saturated carbocycles. The van der Waals surface area contributed by atoms with E-state index in [2.05, 4.69) is 76.5 Å². The molecule has 9 aromatic rings. The van der Waals surface area contributed by atoms with Gasteiger partial charge >= 0.3 is 0 Å². The molecule has 14 heteroatoms. The van der Waals surface area contributed by atoms with E-state index in [1.165, 1.54) is 19.1 Å². The molecule has 6 heterocycles. The van der Waals surface area contributed by atoms with Gasteiger partial charge in [-0.1, -0.05) is 68.4 Å². The molecule has 2 unspecified atom stereocenters. The van der Waals surface area contributed by atoms with Crippen LogP contribution in [-0.2, 0) is 0 Å². The van der Waals surface area contributed by atoms with E-state index >= 15 is 0 Å². The van der Waals surface area contributed by atoms with Crippen LogP contribution in [0.5, 0.6) is 0 Å². The summed E-state index contributed by atoms with van der Waals surface area (Å²) in [6.07, 6.45) is 11.1. The monoisotopic (exact) mass is 812 g/mol. The summed E-state index contributed by atoms with van der Waals surface area (Å²) >= 11 is 0. The first-order valence-corrected chi connectivity index (χ1v) is 20.9. The molecule has 0 spiro atoms. The highest BCUT2D eigenvalue weighted by Gasteiger charge is 2.28. The number of aromatic amines is 2. The standard InChI is InChI=1S/C25H24N6O.C22H24N6O/c1-4-18(30-24-22-23(27-13-26-22)28-14-29-24)20-12-17-10-7-9-16(3)21(17)25(32)31(20)19-11-6-5-8-15(19)2;1-3-16(27-21-19-20(24-11-23-19)25-12-26-21)17-10-14-7-4-6-13(2)18(14)22(29)28(17)15-8-5-9-15/h5-14,18H,4H2,1-3H3,(H2,26,27,28,29,30);4,6-7,10-12,15-16H,3,5,8-9H2,1-2H3,(H2,23,24,25,26,27). The molecular formula is C47H48N12O2. The number of hydrogen-bond donors (Lipinski definition) is 4. The molecule has 4 N–H and O–H groups in total. The van der Waals surface area contributed by atoms with E-state index in [0.29, 0.717) is 22.9 Å². The van der Waals surface area contributed by atoms with Gasteiger partial charge in [-0.2, -0.15) is 0 Å². The zero-order valence-corrected chi connectivity index (χ0v) is 34.9. The Labute approximate surface area is 351 Å². The number of rotatable bonds is 10. The predicted octanol–water partition coefficient (Wildman–Crippen LogP) is 9.10. The Morgan fingerprint density at radius 2 is 1.16 bits per heavy atom. The molecule has 14 nitrogen and oxygen atoms in total. The number of pyridine rings is 2. The van der Waals surface area contributed by atoms with Crippen LogP contribution in [0.4, 0.5) is 11.6 Å². The Kier molecular flexibility index (Phi) is 10.6. The number of aryl methyl sites for hydroxylation is 3. The quantitative estimate of drug-likeness (QED) is 0.104. The number of anilines is 2. The first-order valence-electron chi connectivity index (χ1n) is 20.9. The zero-order valence-electron chi connectivity index (χ0n) is 34.9. The number of nitrogens with one attached hydrogen (secondary N) is 4. The van der Waals surface area contributed by atoms with Crippen molar-refractivity contribution >= 4 is 55.5 Å². The third-order valence-corrected chi connectivity index (χ3v) is 12.0. The maximum atomic E-state index is 13.9. The number of aromatic nitrogens is 10. The Bertz CT molecular complexity index is 3180. The maximum Gasteiger partial charge on any atom is 0.263 e. The summed E-state index contributed by atoms with van der Waals surface area (Å²) in [5.41, 5.74) is 8.68. The van der Waals surface area contributed by atoms with E-state index in [0.717, 1.165) is 92.0 Å². The van der Waals surface area contributed by atoms with Gasteiger partial charge in [-0.25, -0.2) is 29.9 Å². The second kappa shape index (κ2) is 16.4. The molecular weight excluding hydrogens is 765 g/mol. The van der Waals surface area contributed by atoms with E-state index in [1.807, 2.05) is 90.6 Å².